The third-order valence-corrected chi connectivity index (χ3v) is 6.18. The van der Waals surface area contributed by atoms with Crippen molar-refractivity contribution >= 4 is 33.5 Å². The van der Waals surface area contributed by atoms with E-state index in [4.69, 9.17) is 0 Å². The Morgan fingerprint density at radius 2 is 1.73 bits per heavy atom. The van der Waals surface area contributed by atoms with Crippen molar-refractivity contribution in [1.29, 1.82) is 0 Å². The van der Waals surface area contributed by atoms with Gasteiger partial charge in [-0.1, -0.05) is 26.8 Å². The van der Waals surface area contributed by atoms with Crippen LogP contribution in [-0.2, 0) is 4.79 Å². The van der Waals surface area contributed by atoms with Gasteiger partial charge in [-0.25, -0.2) is 4.98 Å². The van der Waals surface area contributed by atoms with Gasteiger partial charge >= 0.3 is 0 Å². The number of rotatable bonds is 4. The van der Waals surface area contributed by atoms with Gasteiger partial charge in [-0.2, -0.15) is 5.10 Å². The number of aromatic nitrogens is 7. The SMILES string of the molecule is CC(C)(C)C(=O)Nc1cncc(-c2cnc3n[nH]c(-c4cc5c(-c6ccccn6)cncc5[nH]4)c3c2)c1. The molecule has 0 radical (unpaired) electrons. The highest BCUT2D eigenvalue weighted by Crippen LogP contribution is 2.34. The summed E-state index contributed by atoms with van der Waals surface area (Å²) in [6.07, 6.45) is 10.6. The van der Waals surface area contributed by atoms with Crippen molar-refractivity contribution in [1.82, 2.24) is 35.1 Å². The van der Waals surface area contributed by atoms with Gasteiger partial charge in [0, 0.05) is 57.7 Å². The number of fused-ring (bicyclic) bond motifs is 2. The third-order valence-electron chi connectivity index (χ3n) is 6.18. The van der Waals surface area contributed by atoms with E-state index in [1.54, 1.807) is 31.0 Å². The van der Waals surface area contributed by atoms with Crippen LogP contribution in [0.3, 0.4) is 0 Å². The molecule has 0 saturated carbocycles. The average Bonchev–Trinajstić information content (AvgIpc) is 3.52. The van der Waals surface area contributed by atoms with Crippen molar-refractivity contribution < 1.29 is 4.79 Å². The number of carbonyl (C=O) groups excluding carboxylic acids is 1. The average molecular weight is 489 g/mol. The zero-order valence-corrected chi connectivity index (χ0v) is 20.6. The van der Waals surface area contributed by atoms with E-state index in [0.29, 0.717) is 11.3 Å². The van der Waals surface area contributed by atoms with Gasteiger partial charge in [0.15, 0.2) is 5.65 Å². The largest absolute Gasteiger partial charge is 0.352 e. The predicted molar refractivity (Wildman–Crippen MR) is 144 cm³/mol. The number of nitrogens with one attached hydrogen (secondary N) is 3. The summed E-state index contributed by atoms with van der Waals surface area (Å²) in [5, 5.41) is 12.4. The van der Waals surface area contributed by atoms with Crippen LogP contribution in [0.2, 0.25) is 0 Å². The van der Waals surface area contributed by atoms with Crippen LogP contribution in [0.25, 0.3) is 55.7 Å². The van der Waals surface area contributed by atoms with Gasteiger partial charge in [-0.05, 0) is 30.3 Å². The number of carbonyl (C=O) groups is 1. The van der Waals surface area contributed by atoms with Crippen LogP contribution in [0.15, 0.2) is 73.6 Å². The van der Waals surface area contributed by atoms with Crippen molar-refractivity contribution in [2.45, 2.75) is 20.8 Å². The number of pyridine rings is 4. The smallest absolute Gasteiger partial charge is 0.229 e. The molecule has 0 aliphatic heterocycles. The van der Waals surface area contributed by atoms with E-state index in [2.05, 4.69) is 46.5 Å². The molecule has 0 aliphatic carbocycles. The van der Waals surface area contributed by atoms with E-state index in [0.717, 1.165) is 50.1 Å². The zero-order chi connectivity index (χ0) is 25.6. The Morgan fingerprint density at radius 3 is 2.54 bits per heavy atom. The molecule has 9 heteroatoms. The van der Waals surface area contributed by atoms with E-state index in [1.807, 2.05) is 57.3 Å². The summed E-state index contributed by atoms with van der Waals surface area (Å²) in [6.45, 7) is 5.62. The maximum Gasteiger partial charge on any atom is 0.229 e. The molecule has 9 nitrogen and oxygen atoms in total. The van der Waals surface area contributed by atoms with Gasteiger partial charge in [-0.15, -0.1) is 0 Å². The Morgan fingerprint density at radius 1 is 0.892 bits per heavy atom. The monoisotopic (exact) mass is 488 g/mol. The Labute approximate surface area is 212 Å². The van der Waals surface area contributed by atoms with Gasteiger partial charge in [0.2, 0.25) is 5.91 Å². The summed E-state index contributed by atoms with van der Waals surface area (Å²) in [6, 6.07) is 11.8. The molecule has 0 unspecified atom stereocenters. The summed E-state index contributed by atoms with van der Waals surface area (Å²) >= 11 is 0. The molecule has 0 saturated heterocycles. The lowest BCUT2D eigenvalue weighted by atomic mass is 9.95. The molecule has 0 fully saturated rings. The van der Waals surface area contributed by atoms with Gasteiger partial charge in [0.05, 0.1) is 40.7 Å². The quantitative estimate of drug-likeness (QED) is 0.296. The molecule has 0 bridgehead atoms. The topological polar surface area (TPSA) is 125 Å². The number of nitrogens with zero attached hydrogens (tertiary/aromatic N) is 5. The minimum atomic E-state index is -0.506. The second-order valence-electron chi connectivity index (χ2n) is 9.91. The molecule has 0 atom stereocenters. The normalized spacial score (nSPS) is 11.8. The molecule has 6 aromatic heterocycles. The van der Waals surface area contributed by atoms with Gasteiger partial charge < -0.3 is 10.3 Å². The van der Waals surface area contributed by atoms with Crippen molar-refractivity contribution in [2.24, 2.45) is 5.41 Å². The van der Waals surface area contributed by atoms with Crippen molar-refractivity contribution in [3.8, 4) is 33.8 Å². The first-order valence-corrected chi connectivity index (χ1v) is 11.9. The lowest BCUT2D eigenvalue weighted by Crippen LogP contribution is -2.27. The van der Waals surface area contributed by atoms with Gasteiger partial charge in [0.1, 0.15) is 0 Å². The second kappa shape index (κ2) is 8.63. The first-order chi connectivity index (χ1) is 17.9. The third kappa shape index (κ3) is 4.20. The summed E-state index contributed by atoms with van der Waals surface area (Å²) in [7, 11) is 0. The van der Waals surface area contributed by atoms with Crippen LogP contribution in [0.5, 0.6) is 0 Å². The van der Waals surface area contributed by atoms with Crippen LogP contribution in [0, 0.1) is 5.41 Å². The minimum absolute atomic E-state index is 0.0736. The highest BCUT2D eigenvalue weighted by molar-refractivity contribution is 6.00. The molecule has 37 heavy (non-hydrogen) atoms. The van der Waals surface area contributed by atoms with Crippen LogP contribution in [0.1, 0.15) is 20.8 Å². The zero-order valence-electron chi connectivity index (χ0n) is 20.6. The minimum Gasteiger partial charge on any atom is -0.352 e. The molecular formula is C28H24N8O. The van der Waals surface area contributed by atoms with Crippen LogP contribution in [0.4, 0.5) is 5.69 Å². The Balaban J connectivity index is 1.40. The standard InChI is InChI=1S/C28H24N8O/c1-28(2,3)27(37)33-18-8-16(11-29-13-18)17-9-20-25(35-36-26(20)32-12-17)23-10-19-21(14-30-15-24(19)34-23)22-6-4-5-7-31-22/h4-15,34H,1-3H3,(H,33,37)(H,32,35,36). The number of aromatic amines is 2. The number of H-pyrrole nitrogens is 2. The fraction of sp³-hybridized carbons (Fsp3) is 0.143. The molecule has 6 aromatic rings. The van der Waals surface area contributed by atoms with Gasteiger partial charge in [-0.3, -0.25) is 24.8 Å². The van der Waals surface area contributed by atoms with E-state index >= 15 is 0 Å². The molecular weight excluding hydrogens is 464 g/mol. The first-order valence-electron chi connectivity index (χ1n) is 11.9. The van der Waals surface area contributed by atoms with Crippen LogP contribution < -0.4 is 5.32 Å². The highest BCUT2D eigenvalue weighted by atomic mass is 16.2. The fourth-order valence-electron chi connectivity index (χ4n) is 4.16. The summed E-state index contributed by atoms with van der Waals surface area (Å²) in [5.74, 6) is -0.0736. The number of hydrogen-bond acceptors (Lipinski definition) is 6. The lowest BCUT2D eigenvalue weighted by molar-refractivity contribution is -0.123. The van der Waals surface area contributed by atoms with E-state index in [-0.39, 0.29) is 5.91 Å². The molecule has 0 aromatic carbocycles. The summed E-state index contributed by atoms with van der Waals surface area (Å²) in [4.78, 5) is 33.7. The van der Waals surface area contributed by atoms with E-state index < -0.39 is 5.41 Å². The molecule has 0 aliphatic rings. The van der Waals surface area contributed by atoms with E-state index in [1.165, 1.54) is 0 Å². The molecule has 3 N–H and O–H groups in total. The summed E-state index contributed by atoms with van der Waals surface area (Å²) < 4.78 is 0. The van der Waals surface area contributed by atoms with Crippen molar-refractivity contribution in [3.05, 3.63) is 73.6 Å². The van der Waals surface area contributed by atoms with E-state index in [9.17, 15) is 4.79 Å². The van der Waals surface area contributed by atoms with Crippen LogP contribution >= 0.6 is 0 Å². The molecule has 1 amide bonds. The number of hydrogen-bond donors (Lipinski definition) is 3. The molecule has 182 valence electrons. The Kier molecular flexibility index (Phi) is 5.26. The molecule has 0 spiro atoms. The van der Waals surface area contributed by atoms with Crippen molar-refractivity contribution in [2.75, 3.05) is 5.32 Å². The van der Waals surface area contributed by atoms with Crippen LogP contribution in [-0.4, -0.2) is 41.0 Å². The van der Waals surface area contributed by atoms with Gasteiger partial charge in [0.25, 0.3) is 0 Å². The maximum atomic E-state index is 12.4. The second-order valence-corrected chi connectivity index (χ2v) is 9.91. The fourth-order valence-corrected chi connectivity index (χ4v) is 4.16. The predicted octanol–water partition coefficient (Wildman–Crippen LogP) is 5.61. The number of anilines is 1. The highest BCUT2D eigenvalue weighted by Gasteiger charge is 2.21. The first kappa shape index (κ1) is 22.5. The molecule has 6 heterocycles. The van der Waals surface area contributed by atoms with Crippen molar-refractivity contribution in [3.63, 3.8) is 0 Å². The summed E-state index contributed by atoms with van der Waals surface area (Å²) in [5.41, 5.74) is 6.82. The Hall–Kier alpha value is -4.92. The lowest BCUT2D eigenvalue weighted by Gasteiger charge is -2.17. The number of amides is 1. The Bertz CT molecular complexity index is 1760. The molecule has 6 rings (SSSR count). The maximum absolute atomic E-state index is 12.4.